The van der Waals surface area contributed by atoms with Crippen molar-refractivity contribution in [2.75, 3.05) is 13.2 Å². The first-order chi connectivity index (χ1) is 8.92. The Morgan fingerprint density at radius 2 is 2.16 bits per heavy atom. The van der Waals surface area contributed by atoms with Crippen LogP contribution in [0.25, 0.3) is 0 Å². The first-order valence-corrected chi connectivity index (χ1v) is 6.28. The number of halogens is 3. The lowest BCUT2D eigenvalue weighted by atomic mass is 10.3. The second-order valence-electron chi connectivity index (χ2n) is 3.60. The topological polar surface area (TPSA) is 49.3 Å². The summed E-state index contributed by atoms with van der Waals surface area (Å²) in [4.78, 5) is 12.6. The van der Waals surface area contributed by atoms with E-state index < -0.39 is 18.5 Å². The van der Waals surface area contributed by atoms with Crippen molar-refractivity contribution in [3.63, 3.8) is 0 Å². The zero-order valence-electron chi connectivity index (χ0n) is 9.88. The quantitative estimate of drug-likeness (QED) is 0.660. The lowest BCUT2D eigenvalue weighted by molar-refractivity contribution is -0.135. The molecular weight excluding hydrogens is 279 g/mol. The number of aliphatic hydroxyl groups excluding tert-OH is 1. The third-order valence-electron chi connectivity index (χ3n) is 2.04. The number of nitrogens with one attached hydrogen (secondary N) is 1. The average Bonchev–Trinajstić information content (AvgIpc) is 2.79. The molecule has 0 bridgehead atoms. The van der Waals surface area contributed by atoms with Gasteiger partial charge in [0.05, 0.1) is 9.75 Å². The van der Waals surface area contributed by atoms with E-state index in [9.17, 15) is 18.0 Å². The molecule has 1 amide bonds. The molecule has 104 valence electrons. The molecule has 19 heavy (non-hydrogen) atoms. The Hall–Kier alpha value is -1.52. The van der Waals surface area contributed by atoms with E-state index in [0.717, 1.165) is 11.3 Å². The SMILES string of the molecule is O=C(NCCCC(F)(F)F)c1ccc(C#CCO)s1. The molecule has 0 aliphatic rings. The Balaban J connectivity index is 2.39. The summed E-state index contributed by atoms with van der Waals surface area (Å²) in [6, 6.07) is 3.17. The standard InChI is InChI=1S/C12H12F3NO2S/c13-12(14,15)6-2-7-16-11(18)10-5-4-9(19-10)3-1-8-17/h4-5,17H,2,6-8H2,(H,16,18). The Kier molecular flexibility index (Phi) is 5.86. The molecule has 0 atom stereocenters. The molecule has 1 rings (SSSR count). The van der Waals surface area contributed by atoms with Gasteiger partial charge in [-0.2, -0.15) is 13.2 Å². The van der Waals surface area contributed by atoms with E-state index >= 15 is 0 Å². The molecule has 0 aromatic carbocycles. The highest BCUT2D eigenvalue weighted by Gasteiger charge is 2.26. The van der Waals surface area contributed by atoms with Crippen LogP contribution in [0.5, 0.6) is 0 Å². The van der Waals surface area contributed by atoms with Crippen LogP contribution in [0.2, 0.25) is 0 Å². The molecule has 3 nitrogen and oxygen atoms in total. The summed E-state index contributed by atoms with van der Waals surface area (Å²) in [6.07, 6.45) is -5.25. The third kappa shape index (κ3) is 6.27. The van der Waals surface area contributed by atoms with Gasteiger partial charge < -0.3 is 10.4 Å². The molecular formula is C12H12F3NO2S. The summed E-state index contributed by atoms with van der Waals surface area (Å²) in [7, 11) is 0. The van der Waals surface area contributed by atoms with Crippen LogP contribution < -0.4 is 5.32 Å². The average molecular weight is 291 g/mol. The summed E-state index contributed by atoms with van der Waals surface area (Å²) >= 11 is 1.13. The van der Waals surface area contributed by atoms with Crippen molar-refractivity contribution in [2.45, 2.75) is 19.0 Å². The van der Waals surface area contributed by atoms with Crippen molar-refractivity contribution >= 4 is 17.2 Å². The highest BCUT2D eigenvalue weighted by atomic mass is 32.1. The molecule has 0 fully saturated rings. The minimum atomic E-state index is -4.19. The van der Waals surface area contributed by atoms with Gasteiger partial charge in [-0.25, -0.2) is 0 Å². The number of carbonyl (C=O) groups excluding carboxylic acids is 1. The fourth-order valence-corrected chi connectivity index (χ4v) is 2.03. The molecule has 1 aromatic rings. The molecule has 1 aromatic heterocycles. The van der Waals surface area contributed by atoms with Crippen LogP contribution in [0.4, 0.5) is 13.2 Å². The van der Waals surface area contributed by atoms with Crippen molar-refractivity contribution in [1.82, 2.24) is 5.32 Å². The maximum atomic E-state index is 11.9. The van der Waals surface area contributed by atoms with Gasteiger partial charge in [0.15, 0.2) is 0 Å². The Morgan fingerprint density at radius 1 is 1.42 bits per heavy atom. The van der Waals surface area contributed by atoms with Gasteiger partial charge in [-0.05, 0) is 18.6 Å². The van der Waals surface area contributed by atoms with Crippen LogP contribution in [-0.2, 0) is 0 Å². The maximum absolute atomic E-state index is 11.9. The number of amides is 1. The largest absolute Gasteiger partial charge is 0.389 e. The van der Waals surface area contributed by atoms with E-state index in [1.54, 1.807) is 12.1 Å². The predicted molar refractivity (Wildman–Crippen MR) is 65.9 cm³/mol. The summed E-state index contributed by atoms with van der Waals surface area (Å²) in [5.74, 6) is 4.68. The van der Waals surface area contributed by atoms with Gasteiger partial charge in [0, 0.05) is 13.0 Å². The second kappa shape index (κ2) is 7.16. The molecule has 0 aliphatic heterocycles. The Bertz CT molecular complexity index is 485. The molecule has 1 heterocycles. The van der Waals surface area contributed by atoms with Gasteiger partial charge in [0.2, 0.25) is 0 Å². The maximum Gasteiger partial charge on any atom is 0.389 e. The van der Waals surface area contributed by atoms with Crippen molar-refractivity contribution in [3.8, 4) is 11.8 Å². The minimum absolute atomic E-state index is 0.0199. The number of hydrogen-bond acceptors (Lipinski definition) is 3. The smallest absolute Gasteiger partial charge is 0.384 e. The first-order valence-electron chi connectivity index (χ1n) is 5.47. The normalized spacial score (nSPS) is 10.7. The van der Waals surface area contributed by atoms with Gasteiger partial charge in [0.1, 0.15) is 6.61 Å². The molecule has 0 unspecified atom stereocenters. The molecule has 0 radical (unpaired) electrons. The molecule has 0 saturated heterocycles. The van der Waals surface area contributed by atoms with Crippen LogP contribution in [-0.4, -0.2) is 30.3 Å². The highest BCUT2D eigenvalue weighted by Crippen LogP contribution is 2.21. The molecule has 2 N–H and O–H groups in total. The minimum Gasteiger partial charge on any atom is -0.384 e. The van der Waals surface area contributed by atoms with E-state index in [1.807, 2.05) is 0 Å². The number of alkyl halides is 3. The number of aliphatic hydroxyl groups is 1. The zero-order chi connectivity index (χ0) is 14.3. The van der Waals surface area contributed by atoms with Crippen molar-refractivity contribution < 1.29 is 23.1 Å². The van der Waals surface area contributed by atoms with E-state index in [-0.39, 0.29) is 19.6 Å². The van der Waals surface area contributed by atoms with E-state index in [4.69, 9.17) is 5.11 Å². The Labute approximate surface area is 112 Å². The number of hydrogen-bond donors (Lipinski definition) is 2. The summed E-state index contributed by atoms with van der Waals surface area (Å²) in [5.41, 5.74) is 0. The number of thiophene rings is 1. The van der Waals surface area contributed by atoms with Crippen LogP contribution >= 0.6 is 11.3 Å². The van der Waals surface area contributed by atoms with Crippen molar-refractivity contribution in [2.24, 2.45) is 0 Å². The van der Waals surface area contributed by atoms with Gasteiger partial charge in [-0.1, -0.05) is 11.8 Å². The van der Waals surface area contributed by atoms with Gasteiger partial charge in [-0.15, -0.1) is 11.3 Å². The molecule has 0 saturated carbocycles. The second-order valence-corrected chi connectivity index (χ2v) is 4.68. The fourth-order valence-electron chi connectivity index (χ4n) is 1.23. The molecule has 0 aliphatic carbocycles. The predicted octanol–water partition coefficient (Wildman–Crippen LogP) is 2.16. The van der Waals surface area contributed by atoms with E-state index in [1.165, 1.54) is 0 Å². The number of carbonyl (C=O) groups is 1. The zero-order valence-corrected chi connectivity index (χ0v) is 10.7. The van der Waals surface area contributed by atoms with Crippen LogP contribution in [0.3, 0.4) is 0 Å². The molecule has 7 heteroatoms. The fraction of sp³-hybridized carbons (Fsp3) is 0.417. The summed E-state index contributed by atoms with van der Waals surface area (Å²) in [5, 5.41) is 10.9. The van der Waals surface area contributed by atoms with Crippen molar-refractivity contribution in [1.29, 1.82) is 0 Å². The van der Waals surface area contributed by atoms with E-state index in [0.29, 0.717) is 9.75 Å². The van der Waals surface area contributed by atoms with Crippen LogP contribution in [0.15, 0.2) is 12.1 Å². The van der Waals surface area contributed by atoms with Gasteiger partial charge in [-0.3, -0.25) is 4.79 Å². The monoisotopic (exact) mass is 291 g/mol. The molecule has 0 spiro atoms. The van der Waals surface area contributed by atoms with Crippen LogP contribution in [0.1, 0.15) is 27.4 Å². The van der Waals surface area contributed by atoms with Gasteiger partial charge in [0.25, 0.3) is 5.91 Å². The number of rotatable bonds is 4. The van der Waals surface area contributed by atoms with Crippen LogP contribution in [0, 0.1) is 11.8 Å². The summed E-state index contributed by atoms with van der Waals surface area (Å²) in [6.45, 7) is -0.287. The van der Waals surface area contributed by atoms with E-state index in [2.05, 4.69) is 17.2 Å². The highest BCUT2D eigenvalue weighted by molar-refractivity contribution is 7.14. The Morgan fingerprint density at radius 3 is 2.79 bits per heavy atom. The first kappa shape index (κ1) is 15.5. The lowest BCUT2D eigenvalue weighted by Gasteiger charge is -2.06. The van der Waals surface area contributed by atoms with Crippen molar-refractivity contribution in [3.05, 3.63) is 21.9 Å². The summed E-state index contributed by atoms with van der Waals surface area (Å²) < 4.78 is 35.6. The third-order valence-corrected chi connectivity index (χ3v) is 3.04. The van der Waals surface area contributed by atoms with Gasteiger partial charge >= 0.3 is 6.18 Å². The lowest BCUT2D eigenvalue weighted by Crippen LogP contribution is -2.24.